The highest BCUT2D eigenvalue weighted by Crippen LogP contribution is 2.38. The highest BCUT2D eigenvalue weighted by atomic mass is 35.5. The van der Waals surface area contributed by atoms with Crippen molar-refractivity contribution in [1.29, 1.82) is 0 Å². The van der Waals surface area contributed by atoms with E-state index >= 15 is 4.39 Å². The Labute approximate surface area is 221 Å². The van der Waals surface area contributed by atoms with Gasteiger partial charge in [-0.2, -0.15) is 5.10 Å². The molecule has 9 nitrogen and oxygen atoms in total. The quantitative estimate of drug-likeness (QED) is 0.461. The number of carbonyl (C=O) groups is 3. The second kappa shape index (κ2) is 11.2. The minimum Gasteiger partial charge on any atom is -0.461 e. The Kier molecular flexibility index (Phi) is 8.64. The third kappa shape index (κ3) is 5.96. The lowest BCUT2D eigenvalue weighted by Gasteiger charge is -2.30. The predicted octanol–water partition coefficient (Wildman–Crippen LogP) is 3.47. The molecule has 1 aromatic carbocycles. The molecule has 5 N–H and O–H groups in total. The molecule has 0 aliphatic heterocycles. The first-order chi connectivity index (χ1) is 17.0. The first kappa shape index (κ1) is 28.6. The van der Waals surface area contributed by atoms with Crippen LogP contribution >= 0.6 is 12.4 Å². The van der Waals surface area contributed by atoms with E-state index in [1.54, 1.807) is 10.7 Å². The van der Waals surface area contributed by atoms with E-state index in [4.69, 9.17) is 16.2 Å². The van der Waals surface area contributed by atoms with E-state index in [2.05, 4.69) is 10.4 Å². The number of anilines is 1. The molecule has 2 aromatic rings. The molecule has 202 valence electrons. The van der Waals surface area contributed by atoms with Crippen LogP contribution in [0, 0.1) is 11.2 Å². The van der Waals surface area contributed by atoms with Crippen LogP contribution < -0.4 is 16.8 Å². The molecule has 0 saturated heterocycles. The second-order valence-electron chi connectivity index (χ2n) is 10.5. The fourth-order valence-electron chi connectivity index (χ4n) is 5.35. The number of aromatic nitrogens is 2. The van der Waals surface area contributed by atoms with E-state index in [-0.39, 0.29) is 53.5 Å². The molecule has 11 heteroatoms. The maximum absolute atomic E-state index is 15.3. The van der Waals surface area contributed by atoms with Crippen LogP contribution in [0.2, 0.25) is 0 Å². The van der Waals surface area contributed by atoms with Crippen LogP contribution in [0.5, 0.6) is 0 Å². The van der Waals surface area contributed by atoms with Crippen molar-refractivity contribution in [3.05, 3.63) is 40.5 Å². The first-order valence-corrected chi connectivity index (χ1v) is 12.5. The average Bonchev–Trinajstić information content (AvgIpc) is 3.17. The van der Waals surface area contributed by atoms with Crippen molar-refractivity contribution < 1.29 is 23.5 Å². The van der Waals surface area contributed by atoms with Gasteiger partial charge in [0, 0.05) is 18.5 Å². The van der Waals surface area contributed by atoms with E-state index in [0.29, 0.717) is 61.9 Å². The fourth-order valence-corrected chi connectivity index (χ4v) is 5.35. The van der Waals surface area contributed by atoms with Crippen LogP contribution in [0.15, 0.2) is 12.1 Å². The smallest absolute Gasteiger partial charge is 0.319 e. The molecule has 2 aliphatic carbocycles. The van der Waals surface area contributed by atoms with Crippen molar-refractivity contribution in [3.8, 4) is 5.69 Å². The number of ketones is 1. The number of aryl methyl sites for hydroxylation is 1. The summed E-state index contributed by atoms with van der Waals surface area (Å²) in [4.78, 5) is 36.6. The van der Waals surface area contributed by atoms with Crippen LogP contribution in [-0.2, 0) is 22.4 Å². The number of halogens is 2. The van der Waals surface area contributed by atoms with Crippen molar-refractivity contribution in [2.75, 3.05) is 11.9 Å². The van der Waals surface area contributed by atoms with Gasteiger partial charge in [0.25, 0.3) is 5.91 Å². The largest absolute Gasteiger partial charge is 0.461 e. The van der Waals surface area contributed by atoms with Crippen molar-refractivity contribution in [2.45, 2.75) is 77.9 Å². The zero-order valence-corrected chi connectivity index (χ0v) is 22.3. The number of esters is 1. The minimum atomic E-state index is -0.875. The molecule has 0 radical (unpaired) electrons. The molecule has 2 aliphatic rings. The average molecular weight is 536 g/mol. The molecular formula is C26H35ClFN5O4. The van der Waals surface area contributed by atoms with E-state index in [1.807, 2.05) is 20.8 Å². The third-order valence-corrected chi connectivity index (χ3v) is 7.02. The highest BCUT2D eigenvalue weighted by molar-refractivity contribution is 6.00. The van der Waals surface area contributed by atoms with Crippen LogP contribution in [0.4, 0.5) is 10.1 Å². The van der Waals surface area contributed by atoms with Gasteiger partial charge in [-0.3, -0.25) is 14.4 Å². The molecular weight excluding hydrogens is 501 g/mol. The molecule has 1 amide bonds. The number of nitrogens with two attached hydrogens (primary N) is 2. The summed E-state index contributed by atoms with van der Waals surface area (Å²) in [6, 6.07) is 2.85. The number of hydrogen-bond donors (Lipinski definition) is 3. The monoisotopic (exact) mass is 535 g/mol. The topological polar surface area (TPSA) is 142 Å². The van der Waals surface area contributed by atoms with Gasteiger partial charge < -0.3 is 21.5 Å². The standard InChI is InChI=1S/C26H34FN5O4.ClH/c1-4-18-24-20(11-26(2,3)12-21(24)33)32(31-18)15-9-17(27)23(25(29)35)19(10-15)30-14-5-7-16(8-6-14)36-22(34)13-28;/h9-10,14,16,30H,4-8,11-13,28H2,1-3H3,(H2,29,35);1H/t14-,16-;. The predicted molar refractivity (Wildman–Crippen MR) is 140 cm³/mol. The SMILES string of the molecule is CCc1nn(-c2cc(F)c(C(N)=O)c(N[C@H]3CC[C@H](OC(=O)CN)CC3)c2)c2c1C(=O)CC(C)(C)C2.Cl. The zero-order valence-electron chi connectivity index (χ0n) is 21.4. The zero-order chi connectivity index (χ0) is 26.2. The molecule has 0 atom stereocenters. The van der Waals surface area contributed by atoms with Crippen LogP contribution in [0.1, 0.15) is 85.0 Å². The van der Waals surface area contributed by atoms with Gasteiger partial charge in [0.15, 0.2) is 5.78 Å². The Bertz CT molecular complexity index is 1200. The summed E-state index contributed by atoms with van der Waals surface area (Å²) >= 11 is 0. The van der Waals surface area contributed by atoms with Crippen LogP contribution in [0.25, 0.3) is 5.69 Å². The number of carbonyl (C=O) groups excluding carboxylic acids is 3. The van der Waals surface area contributed by atoms with Gasteiger partial charge in [-0.15, -0.1) is 12.4 Å². The first-order valence-electron chi connectivity index (χ1n) is 12.5. The number of Topliss-reactive ketones (excluding diaryl/α,β-unsaturated/α-hetero) is 1. The van der Waals surface area contributed by atoms with Crippen molar-refractivity contribution >= 4 is 35.8 Å². The van der Waals surface area contributed by atoms with Gasteiger partial charge in [0.2, 0.25) is 0 Å². The fraction of sp³-hybridized carbons (Fsp3) is 0.538. The summed E-state index contributed by atoms with van der Waals surface area (Å²) in [7, 11) is 0. The lowest BCUT2D eigenvalue weighted by Crippen LogP contribution is -2.33. The van der Waals surface area contributed by atoms with Gasteiger partial charge in [-0.1, -0.05) is 20.8 Å². The second-order valence-corrected chi connectivity index (χ2v) is 10.5. The molecule has 1 aromatic heterocycles. The molecule has 1 heterocycles. The highest BCUT2D eigenvalue weighted by Gasteiger charge is 2.36. The van der Waals surface area contributed by atoms with Crippen molar-refractivity contribution in [2.24, 2.45) is 16.9 Å². The normalized spacial score (nSPS) is 20.5. The Morgan fingerprint density at radius 2 is 1.89 bits per heavy atom. The van der Waals surface area contributed by atoms with Crippen molar-refractivity contribution in [1.82, 2.24) is 9.78 Å². The Balaban J connectivity index is 0.00000380. The number of benzene rings is 1. The van der Waals surface area contributed by atoms with Gasteiger partial charge in [0.05, 0.1) is 40.4 Å². The summed E-state index contributed by atoms with van der Waals surface area (Å²) < 4.78 is 22.2. The van der Waals surface area contributed by atoms with E-state index in [0.717, 1.165) is 5.69 Å². The number of primary amides is 1. The lowest BCUT2D eigenvalue weighted by molar-refractivity contribution is -0.148. The Hall–Kier alpha value is -2.98. The number of hydrogen-bond acceptors (Lipinski definition) is 7. The van der Waals surface area contributed by atoms with E-state index in [9.17, 15) is 14.4 Å². The number of fused-ring (bicyclic) bond motifs is 1. The minimum absolute atomic E-state index is 0. The molecule has 4 rings (SSSR count). The Morgan fingerprint density at radius 3 is 2.49 bits per heavy atom. The number of amides is 1. The summed E-state index contributed by atoms with van der Waals surface area (Å²) in [6.07, 6.45) is 3.99. The van der Waals surface area contributed by atoms with E-state index in [1.165, 1.54) is 6.07 Å². The molecule has 0 unspecified atom stereocenters. The van der Waals surface area contributed by atoms with Gasteiger partial charge in [-0.05, 0) is 50.0 Å². The summed E-state index contributed by atoms with van der Waals surface area (Å²) in [5.74, 6) is -2.02. The van der Waals surface area contributed by atoms with Gasteiger partial charge in [-0.25, -0.2) is 9.07 Å². The van der Waals surface area contributed by atoms with Crippen molar-refractivity contribution in [3.63, 3.8) is 0 Å². The third-order valence-electron chi connectivity index (χ3n) is 7.02. The molecule has 0 spiro atoms. The number of ether oxygens (including phenoxy) is 1. The molecule has 0 bridgehead atoms. The summed E-state index contributed by atoms with van der Waals surface area (Å²) in [5.41, 5.74) is 13.2. The number of rotatable bonds is 7. The van der Waals surface area contributed by atoms with Crippen LogP contribution in [0.3, 0.4) is 0 Å². The molecule has 1 fully saturated rings. The maximum atomic E-state index is 15.3. The molecule has 1 saturated carbocycles. The number of nitrogens with zero attached hydrogens (tertiary/aromatic N) is 2. The Morgan fingerprint density at radius 1 is 1.22 bits per heavy atom. The van der Waals surface area contributed by atoms with Gasteiger partial charge in [0.1, 0.15) is 11.9 Å². The maximum Gasteiger partial charge on any atom is 0.319 e. The van der Waals surface area contributed by atoms with Gasteiger partial charge >= 0.3 is 5.97 Å². The summed E-state index contributed by atoms with van der Waals surface area (Å²) in [6.45, 7) is 5.83. The number of nitrogens with one attached hydrogen (secondary N) is 1. The van der Waals surface area contributed by atoms with Crippen LogP contribution in [-0.4, -0.2) is 46.1 Å². The lowest BCUT2D eigenvalue weighted by atomic mass is 9.75. The van der Waals surface area contributed by atoms with E-state index < -0.39 is 17.7 Å². The molecule has 37 heavy (non-hydrogen) atoms. The summed E-state index contributed by atoms with van der Waals surface area (Å²) in [5, 5.41) is 7.95.